The molecule has 1 unspecified atom stereocenters. The van der Waals surface area contributed by atoms with E-state index in [4.69, 9.17) is 0 Å². The number of rotatable bonds is 3. The van der Waals surface area contributed by atoms with E-state index in [2.05, 4.69) is 0 Å². The predicted molar refractivity (Wildman–Crippen MR) is 76.5 cm³/mol. The molecular formula is C15H19F2NO2S. The van der Waals surface area contributed by atoms with Crippen molar-refractivity contribution in [2.75, 3.05) is 6.54 Å². The van der Waals surface area contributed by atoms with Crippen molar-refractivity contribution >= 4 is 17.2 Å². The average molecular weight is 315 g/mol. The lowest BCUT2D eigenvalue weighted by Gasteiger charge is -2.43. The minimum absolute atomic E-state index is 0.00234. The largest absolute Gasteiger partial charge is 0.383 e. The lowest BCUT2D eigenvalue weighted by atomic mass is 9.75. The van der Waals surface area contributed by atoms with Gasteiger partial charge in [-0.2, -0.15) is 8.78 Å². The molecule has 1 amide bonds. The van der Waals surface area contributed by atoms with E-state index in [0.717, 1.165) is 16.2 Å². The van der Waals surface area contributed by atoms with E-state index in [1.165, 1.54) is 4.90 Å². The highest BCUT2D eigenvalue weighted by atomic mass is 32.1. The summed E-state index contributed by atoms with van der Waals surface area (Å²) in [5.41, 5.74) is -2.14. The summed E-state index contributed by atoms with van der Waals surface area (Å²) in [6.45, 7) is 2.30. The van der Waals surface area contributed by atoms with Crippen LogP contribution in [0, 0.1) is 6.92 Å². The Hall–Kier alpha value is -1.01. The molecule has 116 valence electrons. The molecular weight excluding hydrogens is 296 g/mol. The summed E-state index contributed by atoms with van der Waals surface area (Å²) in [6, 6.07) is 3.58. The van der Waals surface area contributed by atoms with Gasteiger partial charge in [-0.3, -0.25) is 4.79 Å². The number of carbonyl (C=O) groups is 1. The Labute approximate surface area is 126 Å². The van der Waals surface area contributed by atoms with Crippen LogP contribution in [0.4, 0.5) is 8.78 Å². The summed E-state index contributed by atoms with van der Waals surface area (Å²) in [5.74, 6) is -4.89. The normalized spacial score (nSPS) is 25.0. The molecule has 21 heavy (non-hydrogen) atoms. The van der Waals surface area contributed by atoms with Gasteiger partial charge in [0, 0.05) is 16.3 Å². The molecule has 3 rings (SSSR count). The van der Waals surface area contributed by atoms with Gasteiger partial charge in [0.05, 0.1) is 6.04 Å². The van der Waals surface area contributed by atoms with Crippen LogP contribution in [0.15, 0.2) is 12.1 Å². The molecule has 1 saturated carbocycles. The van der Waals surface area contributed by atoms with Crippen LogP contribution in [0.3, 0.4) is 0 Å². The molecule has 1 aromatic rings. The Morgan fingerprint density at radius 3 is 2.67 bits per heavy atom. The molecule has 2 heterocycles. The second-order valence-corrected chi connectivity index (χ2v) is 7.38. The highest BCUT2D eigenvalue weighted by molar-refractivity contribution is 7.12. The standard InChI is InChI=1S/C15H19F2NO2S/c1-10-5-6-12(21-10)11-4-2-9-18(11)13(19)15(16,17)14(20)7-3-8-14/h5-6,11,20H,2-4,7-9H2,1H3. The van der Waals surface area contributed by atoms with Gasteiger partial charge in [0.15, 0.2) is 0 Å². The number of likely N-dealkylation sites (tertiary alicyclic amines) is 1. The fourth-order valence-corrected chi connectivity index (χ4v) is 4.17. The summed E-state index contributed by atoms with van der Waals surface area (Å²) in [6.07, 6.45) is 1.99. The van der Waals surface area contributed by atoms with Crippen LogP contribution in [0.2, 0.25) is 0 Å². The molecule has 0 bridgehead atoms. The quantitative estimate of drug-likeness (QED) is 0.930. The summed E-state index contributed by atoms with van der Waals surface area (Å²) in [5, 5.41) is 9.93. The van der Waals surface area contributed by atoms with Crippen molar-refractivity contribution in [2.45, 2.75) is 56.6 Å². The molecule has 6 heteroatoms. The zero-order chi connectivity index (χ0) is 15.3. The lowest BCUT2D eigenvalue weighted by molar-refractivity contribution is -0.224. The SMILES string of the molecule is Cc1ccc(C2CCCN2C(=O)C(F)(F)C2(O)CCC2)s1. The smallest absolute Gasteiger partial charge is 0.352 e. The van der Waals surface area contributed by atoms with Crippen molar-refractivity contribution < 1.29 is 18.7 Å². The number of amides is 1. The average Bonchev–Trinajstić information content (AvgIpc) is 3.02. The van der Waals surface area contributed by atoms with E-state index in [1.807, 2.05) is 19.1 Å². The Morgan fingerprint density at radius 2 is 2.14 bits per heavy atom. The number of aliphatic hydroxyl groups is 1. The number of carbonyl (C=O) groups excluding carboxylic acids is 1. The zero-order valence-corrected chi connectivity index (χ0v) is 12.8. The molecule has 1 aliphatic heterocycles. The van der Waals surface area contributed by atoms with Crippen LogP contribution >= 0.6 is 11.3 Å². The number of aryl methyl sites for hydroxylation is 1. The van der Waals surface area contributed by atoms with Crippen molar-refractivity contribution in [1.82, 2.24) is 4.90 Å². The van der Waals surface area contributed by atoms with Crippen LogP contribution in [0.5, 0.6) is 0 Å². The summed E-state index contributed by atoms with van der Waals surface area (Å²) >= 11 is 1.54. The molecule has 1 saturated heterocycles. The van der Waals surface area contributed by atoms with E-state index in [0.29, 0.717) is 19.4 Å². The van der Waals surface area contributed by atoms with Gasteiger partial charge in [-0.15, -0.1) is 11.3 Å². The predicted octanol–water partition coefficient (Wildman–Crippen LogP) is 3.27. The number of halogens is 2. The van der Waals surface area contributed by atoms with Gasteiger partial charge in [0.1, 0.15) is 5.60 Å². The molecule has 0 aromatic carbocycles. The minimum Gasteiger partial charge on any atom is -0.383 e. The Kier molecular flexibility index (Phi) is 3.56. The fraction of sp³-hybridized carbons (Fsp3) is 0.667. The van der Waals surface area contributed by atoms with Gasteiger partial charge in [0.2, 0.25) is 0 Å². The number of alkyl halides is 2. The van der Waals surface area contributed by atoms with Crippen LogP contribution in [-0.4, -0.2) is 34.0 Å². The number of nitrogens with zero attached hydrogens (tertiary/aromatic N) is 1. The Morgan fingerprint density at radius 1 is 1.43 bits per heavy atom. The molecule has 2 aliphatic rings. The summed E-state index contributed by atoms with van der Waals surface area (Å²) in [7, 11) is 0. The van der Waals surface area contributed by atoms with E-state index >= 15 is 0 Å². The second kappa shape index (κ2) is 5.02. The number of hydrogen-bond donors (Lipinski definition) is 1. The first-order chi connectivity index (χ1) is 9.85. The third-order valence-electron chi connectivity index (χ3n) is 4.64. The van der Waals surface area contributed by atoms with E-state index in [-0.39, 0.29) is 18.9 Å². The maximum Gasteiger partial charge on any atom is 0.352 e. The first-order valence-corrected chi connectivity index (χ1v) is 8.14. The number of hydrogen-bond acceptors (Lipinski definition) is 3. The zero-order valence-electron chi connectivity index (χ0n) is 11.9. The van der Waals surface area contributed by atoms with Crippen LogP contribution in [0.25, 0.3) is 0 Å². The monoisotopic (exact) mass is 315 g/mol. The molecule has 0 radical (unpaired) electrons. The fourth-order valence-electron chi connectivity index (χ4n) is 3.14. The second-order valence-electron chi connectivity index (χ2n) is 6.06. The maximum absolute atomic E-state index is 14.4. The van der Waals surface area contributed by atoms with Gasteiger partial charge in [0.25, 0.3) is 5.91 Å². The van der Waals surface area contributed by atoms with Gasteiger partial charge in [-0.05, 0) is 51.2 Å². The Bertz CT molecular complexity index is 554. The molecule has 0 spiro atoms. The van der Waals surface area contributed by atoms with Crippen LogP contribution in [0.1, 0.15) is 47.9 Å². The van der Waals surface area contributed by atoms with Crippen LogP contribution < -0.4 is 0 Å². The minimum atomic E-state index is -3.68. The van der Waals surface area contributed by atoms with Crippen molar-refractivity contribution in [1.29, 1.82) is 0 Å². The van der Waals surface area contributed by atoms with Gasteiger partial charge < -0.3 is 10.0 Å². The number of thiophene rings is 1. The molecule has 1 N–H and O–H groups in total. The molecule has 1 aromatic heterocycles. The van der Waals surface area contributed by atoms with Crippen LogP contribution in [-0.2, 0) is 4.79 Å². The summed E-state index contributed by atoms with van der Waals surface area (Å²) < 4.78 is 28.7. The summed E-state index contributed by atoms with van der Waals surface area (Å²) in [4.78, 5) is 15.6. The molecule has 3 nitrogen and oxygen atoms in total. The van der Waals surface area contributed by atoms with Gasteiger partial charge in [-0.25, -0.2) is 0 Å². The first kappa shape index (κ1) is 14.9. The molecule has 1 atom stereocenters. The van der Waals surface area contributed by atoms with E-state index in [9.17, 15) is 18.7 Å². The topological polar surface area (TPSA) is 40.5 Å². The molecule has 2 fully saturated rings. The highest BCUT2D eigenvalue weighted by Crippen LogP contribution is 2.47. The van der Waals surface area contributed by atoms with E-state index in [1.54, 1.807) is 11.3 Å². The first-order valence-electron chi connectivity index (χ1n) is 7.33. The third-order valence-corrected chi connectivity index (χ3v) is 5.74. The van der Waals surface area contributed by atoms with Gasteiger partial charge in [-0.1, -0.05) is 0 Å². The van der Waals surface area contributed by atoms with Crippen molar-refractivity contribution in [2.24, 2.45) is 0 Å². The van der Waals surface area contributed by atoms with Crippen molar-refractivity contribution in [3.8, 4) is 0 Å². The van der Waals surface area contributed by atoms with E-state index < -0.39 is 17.4 Å². The third kappa shape index (κ3) is 2.28. The lowest BCUT2D eigenvalue weighted by Crippen LogP contribution is -2.61. The van der Waals surface area contributed by atoms with Crippen molar-refractivity contribution in [3.63, 3.8) is 0 Å². The van der Waals surface area contributed by atoms with Gasteiger partial charge >= 0.3 is 5.92 Å². The molecule has 1 aliphatic carbocycles. The van der Waals surface area contributed by atoms with Crippen molar-refractivity contribution in [3.05, 3.63) is 21.9 Å². The highest BCUT2D eigenvalue weighted by Gasteiger charge is 2.63. The Balaban J connectivity index is 1.83. The maximum atomic E-state index is 14.4.